The van der Waals surface area contributed by atoms with E-state index in [1.165, 1.54) is 11.3 Å². The van der Waals surface area contributed by atoms with E-state index in [0.29, 0.717) is 0 Å². The number of aromatic nitrogens is 4. The molecule has 0 aromatic carbocycles. The summed E-state index contributed by atoms with van der Waals surface area (Å²) in [6, 6.07) is 0. The van der Waals surface area contributed by atoms with E-state index in [1.807, 2.05) is 10.9 Å². The van der Waals surface area contributed by atoms with Crippen LogP contribution in [0.3, 0.4) is 0 Å². The van der Waals surface area contributed by atoms with Crippen LogP contribution in [-0.2, 0) is 6.67 Å². The summed E-state index contributed by atoms with van der Waals surface area (Å²) in [5.41, 5.74) is 1.79. The lowest BCUT2D eigenvalue weighted by molar-refractivity contribution is 0.195. The predicted octanol–water partition coefficient (Wildman–Crippen LogP) is 1.24. The second-order valence-electron chi connectivity index (χ2n) is 4.31. The third-order valence-electron chi connectivity index (χ3n) is 3.13. The van der Waals surface area contributed by atoms with Gasteiger partial charge in [0.25, 0.3) is 0 Å². The van der Waals surface area contributed by atoms with E-state index in [-0.39, 0.29) is 0 Å². The standard InChI is InChI=1S/C11H14N6S2/c18-11-17(14-8-19-11)9-15-3-5-16(6-4-15)10-7-12-1-2-13-10/h1-2,7-8H,3-6,9H2. The molecule has 1 aliphatic heterocycles. The van der Waals surface area contributed by atoms with Crippen molar-refractivity contribution in [1.82, 2.24) is 24.6 Å². The Morgan fingerprint density at radius 3 is 2.68 bits per heavy atom. The number of nitrogens with zero attached hydrogens (tertiary/aromatic N) is 6. The van der Waals surface area contributed by atoms with E-state index >= 15 is 0 Å². The molecular weight excluding hydrogens is 280 g/mol. The van der Waals surface area contributed by atoms with Gasteiger partial charge in [-0.05, 0) is 12.2 Å². The topological polar surface area (TPSA) is 50.1 Å². The first-order chi connectivity index (χ1) is 9.33. The fourth-order valence-corrected chi connectivity index (χ4v) is 2.80. The van der Waals surface area contributed by atoms with Crippen molar-refractivity contribution in [3.8, 4) is 0 Å². The van der Waals surface area contributed by atoms with Gasteiger partial charge >= 0.3 is 0 Å². The van der Waals surface area contributed by atoms with Crippen LogP contribution in [0.4, 0.5) is 5.82 Å². The summed E-state index contributed by atoms with van der Waals surface area (Å²) in [6.45, 7) is 4.65. The molecule has 2 aromatic rings. The molecule has 0 aliphatic carbocycles. The van der Waals surface area contributed by atoms with E-state index in [9.17, 15) is 0 Å². The molecule has 1 fully saturated rings. The van der Waals surface area contributed by atoms with Crippen molar-refractivity contribution in [2.24, 2.45) is 0 Å². The molecule has 3 heterocycles. The molecule has 6 nitrogen and oxygen atoms in total. The van der Waals surface area contributed by atoms with Crippen molar-refractivity contribution >= 4 is 29.4 Å². The van der Waals surface area contributed by atoms with Gasteiger partial charge in [0.05, 0.1) is 12.9 Å². The van der Waals surface area contributed by atoms with Crippen molar-refractivity contribution in [3.63, 3.8) is 0 Å². The highest BCUT2D eigenvalue weighted by Crippen LogP contribution is 2.12. The monoisotopic (exact) mass is 294 g/mol. The molecule has 0 amide bonds. The molecule has 3 rings (SSSR count). The first-order valence-corrected chi connectivity index (χ1v) is 7.35. The molecule has 0 radical (unpaired) electrons. The van der Waals surface area contributed by atoms with Gasteiger partial charge in [-0.25, -0.2) is 9.67 Å². The van der Waals surface area contributed by atoms with Crippen LogP contribution in [0, 0.1) is 3.95 Å². The number of anilines is 1. The highest BCUT2D eigenvalue weighted by atomic mass is 32.1. The fourth-order valence-electron chi connectivity index (χ4n) is 2.09. The van der Waals surface area contributed by atoms with Crippen molar-refractivity contribution < 1.29 is 0 Å². The quantitative estimate of drug-likeness (QED) is 0.794. The van der Waals surface area contributed by atoms with Crippen molar-refractivity contribution in [3.05, 3.63) is 28.1 Å². The molecule has 1 aliphatic rings. The Balaban J connectivity index is 1.58. The smallest absolute Gasteiger partial charge is 0.180 e. The summed E-state index contributed by atoms with van der Waals surface area (Å²) in [6.07, 6.45) is 5.24. The first kappa shape index (κ1) is 12.6. The fraction of sp³-hybridized carbons (Fsp3) is 0.455. The Morgan fingerprint density at radius 1 is 1.21 bits per heavy atom. The lowest BCUT2D eigenvalue weighted by Crippen LogP contribution is -2.47. The minimum absolute atomic E-state index is 0.774. The third kappa shape index (κ3) is 2.96. The van der Waals surface area contributed by atoms with Crippen LogP contribution in [0.25, 0.3) is 0 Å². The Hall–Kier alpha value is -1.38. The van der Waals surface area contributed by atoms with Crippen molar-refractivity contribution in [2.45, 2.75) is 6.67 Å². The summed E-state index contributed by atoms with van der Waals surface area (Å²) in [5.74, 6) is 0.951. The largest absolute Gasteiger partial charge is 0.353 e. The highest BCUT2D eigenvalue weighted by Gasteiger charge is 2.18. The van der Waals surface area contributed by atoms with Gasteiger partial charge < -0.3 is 4.90 Å². The maximum atomic E-state index is 5.22. The number of hydrogen-bond donors (Lipinski definition) is 0. The van der Waals surface area contributed by atoms with Crippen LogP contribution in [0.15, 0.2) is 24.1 Å². The molecule has 0 saturated carbocycles. The van der Waals surface area contributed by atoms with Crippen molar-refractivity contribution in [1.29, 1.82) is 0 Å². The average molecular weight is 294 g/mol. The lowest BCUT2D eigenvalue weighted by atomic mass is 10.3. The Morgan fingerprint density at radius 2 is 2.05 bits per heavy atom. The van der Waals surface area contributed by atoms with Gasteiger partial charge in [0.2, 0.25) is 0 Å². The minimum atomic E-state index is 0.774. The van der Waals surface area contributed by atoms with Gasteiger partial charge in [-0.2, -0.15) is 5.10 Å². The van der Waals surface area contributed by atoms with E-state index in [2.05, 4.69) is 24.9 Å². The lowest BCUT2D eigenvalue weighted by Gasteiger charge is -2.34. The maximum absolute atomic E-state index is 5.22. The average Bonchev–Trinajstić information content (AvgIpc) is 2.86. The second-order valence-corrected chi connectivity index (χ2v) is 5.79. The normalized spacial score (nSPS) is 16.7. The summed E-state index contributed by atoms with van der Waals surface area (Å²) in [7, 11) is 0. The molecular formula is C11H14N6S2. The van der Waals surface area contributed by atoms with E-state index in [1.54, 1.807) is 17.9 Å². The van der Waals surface area contributed by atoms with Crippen LogP contribution < -0.4 is 4.90 Å². The Labute approximate surface area is 120 Å². The zero-order valence-electron chi connectivity index (χ0n) is 10.3. The van der Waals surface area contributed by atoms with Crippen LogP contribution in [0.2, 0.25) is 0 Å². The number of hydrogen-bond acceptors (Lipinski definition) is 7. The molecule has 0 bridgehead atoms. The van der Waals surface area contributed by atoms with Crippen LogP contribution in [-0.4, -0.2) is 50.8 Å². The molecule has 8 heteroatoms. The Bertz CT molecular complexity index is 572. The number of rotatable bonds is 3. The molecule has 0 atom stereocenters. The van der Waals surface area contributed by atoms with Gasteiger partial charge in [-0.15, -0.1) is 0 Å². The third-order valence-corrected chi connectivity index (χ3v) is 4.24. The van der Waals surface area contributed by atoms with E-state index < -0.39 is 0 Å². The second kappa shape index (κ2) is 5.72. The first-order valence-electron chi connectivity index (χ1n) is 6.07. The predicted molar refractivity (Wildman–Crippen MR) is 76.8 cm³/mol. The molecule has 2 aromatic heterocycles. The summed E-state index contributed by atoms with van der Waals surface area (Å²) >= 11 is 6.72. The van der Waals surface area contributed by atoms with Gasteiger partial charge in [-0.1, -0.05) is 11.3 Å². The molecule has 1 saturated heterocycles. The maximum Gasteiger partial charge on any atom is 0.180 e. The van der Waals surface area contributed by atoms with Crippen LogP contribution in [0.5, 0.6) is 0 Å². The van der Waals surface area contributed by atoms with Gasteiger partial charge in [0.15, 0.2) is 3.95 Å². The zero-order valence-corrected chi connectivity index (χ0v) is 12.0. The minimum Gasteiger partial charge on any atom is -0.353 e. The van der Waals surface area contributed by atoms with Gasteiger partial charge in [0, 0.05) is 38.6 Å². The van der Waals surface area contributed by atoms with Gasteiger partial charge in [-0.3, -0.25) is 9.88 Å². The summed E-state index contributed by atoms with van der Waals surface area (Å²) < 4.78 is 2.70. The van der Waals surface area contributed by atoms with Crippen LogP contribution >= 0.6 is 23.6 Å². The summed E-state index contributed by atoms with van der Waals surface area (Å²) in [4.78, 5) is 13.0. The zero-order chi connectivity index (χ0) is 13.1. The molecule has 0 N–H and O–H groups in total. The molecule has 19 heavy (non-hydrogen) atoms. The van der Waals surface area contributed by atoms with Crippen molar-refractivity contribution in [2.75, 3.05) is 31.1 Å². The molecule has 0 spiro atoms. The van der Waals surface area contributed by atoms with Gasteiger partial charge in [0.1, 0.15) is 11.3 Å². The molecule has 100 valence electrons. The summed E-state index contributed by atoms with van der Waals surface area (Å²) in [5, 5.41) is 4.24. The SMILES string of the molecule is S=c1scnn1CN1CCN(c2cnccn2)CC1. The number of piperazine rings is 1. The van der Waals surface area contributed by atoms with Crippen LogP contribution in [0.1, 0.15) is 0 Å². The van der Waals surface area contributed by atoms with E-state index in [0.717, 1.165) is 42.6 Å². The molecule has 0 unspecified atom stereocenters. The highest BCUT2D eigenvalue weighted by molar-refractivity contribution is 7.73. The van der Waals surface area contributed by atoms with E-state index in [4.69, 9.17) is 12.2 Å². The Kier molecular flexibility index (Phi) is 3.81.